The first-order valence-electron chi connectivity index (χ1n) is 13.5. The Labute approximate surface area is 224 Å². The summed E-state index contributed by atoms with van der Waals surface area (Å²) in [6.45, 7) is 12.2. The van der Waals surface area contributed by atoms with Crippen LogP contribution in [-0.2, 0) is 25.6 Å². The Morgan fingerprint density at radius 3 is 2.62 bits per heavy atom. The maximum Gasteiger partial charge on any atom is 0.309 e. The van der Waals surface area contributed by atoms with Gasteiger partial charge in [-0.2, -0.15) is 0 Å². The fraction of sp³-hybridized carbons (Fsp3) is 0.690. The van der Waals surface area contributed by atoms with E-state index in [0.29, 0.717) is 18.9 Å². The van der Waals surface area contributed by atoms with Crippen LogP contribution in [0.15, 0.2) is 18.2 Å². The van der Waals surface area contributed by atoms with Crippen LogP contribution in [0.4, 0.5) is 0 Å². The van der Waals surface area contributed by atoms with Crippen LogP contribution in [-0.4, -0.2) is 39.7 Å². The smallest absolute Gasteiger partial charge is 0.309 e. The predicted octanol–water partition coefficient (Wildman–Crippen LogP) is 5.33. The van der Waals surface area contributed by atoms with Crippen molar-refractivity contribution < 1.29 is 24.2 Å². The second-order valence-electron chi connectivity index (χ2n) is 12.0. The number of hydrogen-bond acceptors (Lipinski definition) is 8. The van der Waals surface area contributed by atoms with Gasteiger partial charge in [0, 0.05) is 18.9 Å². The number of fused-ring (bicyclic) bond motifs is 2. The fourth-order valence-corrected chi connectivity index (χ4v) is 6.50. The molecule has 2 aromatic rings. The summed E-state index contributed by atoms with van der Waals surface area (Å²) in [5.41, 5.74) is 6.14. The fourth-order valence-electron chi connectivity index (χ4n) is 5.68. The number of esters is 1. The number of benzene rings is 1. The molecule has 4 rings (SSSR count). The minimum atomic E-state index is -1.14. The number of ketones is 1. The number of cyclic esters (lactones) is 1. The summed E-state index contributed by atoms with van der Waals surface area (Å²) in [6.07, 6.45) is 1.53. The molecule has 0 unspecified atom stereocenters. The van der Waals surface area contributed by atoms with Crippen molar-refractivity contribution in [3.63, 3.8) is 0 Å². The van der Waals surface area contributed by atoms with Gasteiger partial charge in [0.25, 0.3) is 0 Å². The average molecular weight is 531 g/mol. The van der Waals surface area contributed by atoms with Crippen molar-refractivity contribution >= 4 is 33.3 Å². The largest absolute Gasteiger partial charge is 0.457 e. The Bertz CT molecular complexity index is 1150. The summed E-state index contributed by atoms with van der Waals surface area (Å²) in [5.74, 6) is -0.227. The maximum absolute atomic E-state index is 13.4. The number of Topliss-reactive ketones (excluding diaryl/α,β-unsaturated/α-hetero) is 1. The molecule has 0 bridgehead atoms. The number of epoxide rings is 1. The topological polar surface area (TPSA) is 115 Å². The number of nitrogens with zero attached hydrogens (tertiary/aromatic N) is 1. The molecule has 0 amide bonds. The number of nitrogens with two attached hydrogens (primary N) is 1. The summed E-state index contributed by atoms with van der Waals surface area (Å²) in [5, 5.41) is 11.9. The van der Waals surface area contributed by atoms with Crippen molar-refractivity contribution in [3.05, 3.63) is 28.8 Å². The van der Waals surface area contributed by atoms with Gasteiger partial charge in [0.05, 0.1) is 39.9 Å². The van der Waals surface area contributed by atoms with Crippen LogP contribution in [0.2, 0.25) is 0 Å². The number of aliphatic hydroxyl groups excluding tert-OH is 1. The number of hydrogen-bond donors (Lipinski definition) is 2. The number of carbonyl (C=O) groups is 2. The Balaban J connectivity index is 1.62. The van der Waals surface area contributed by atoms with Gasteiger partial charge in [-0.25, -0.2) is 4.98 Å². The second-order valence-corrected chi connectivity index (χ2v) is 13.1. The summed E-state index contributed by atoms with van der Waals surface area (Å²) in [4.78, 5) is 31.1. The van der Waals surface area contributed by atoms with Crippen molar-refractivity contribution in [2.45, 2.75) is 104 Å². The molecule has 204 valence electrons. The van der Waals surface area contributed by atoms with Crippen LogP contribution >= 0.6 is 11.3 Å². The van der Waals surface area contributed by atoms with Crippen LogP contribution in [0.5, 0.6) is 0 Å². The minimum Gasteiger partial charge on any atom is -0.457 e. The minimum absolute atomic E-state index is 0.0152. The van der Waals surface area contributed by atoms with Gasteiger partial charge >= 0.3 is 5.97 Å². The lowest BCUT2D eigenvalue weighted by molar-refractivity contribution is -0.156. The zero-order valence-electron chi connectivity index (χ0n) is 23.0. The van der Waals surface area contributed by atoms with Gasteiger partial charge in [-0.3, -0.25) is 9.59 Å². The molecule has 2 aliphatic heterocycles. The van der Waals surface area contributed by atoms with Crippen LogP contribution < -0.4 is 5.73 Å². The first-order chi connectivity index (χ1) is 17.4. The molecule has 3 heterocycles. The Morgan fingerprint density at radius 1 is 1.19 bits per heavy atom. The molecule has 0 radical (unpaired) electrons. The van der Waals surface area contributed by atoms with E-state index in [4.69, 9.17) is 15.2 Å². The van der Waals surface area contributed by atoms with E-state index < -0.39 is 23.6 Å². The first kappa shape index (κ1) is 28.1. The van der Waals surface area contributed by atoms with Gasteiger partial charge < -0.3 is 20.3 Å². The van der Waals surface area contributed by atoms with E-state index in [9.17, 15) is 14.7 Å². The second kappa shape index (κ2) is 10.7. The molecule has 1 aromatic heterocycles. The van der Waals surface area contributed by atoms with Crippen molar-refractivity contribution in [1.29, 1.82) is 0 Å². The molecule has 2 saturated heterocycles. The van der Waals surface area contributed by atoms with Crippen LogP contribution in [0.25, 0.3) is 10.2 Å². The Morgan fingerprint density at radius 2 is 1.92 bits per heavy atom. The van der Waals surface area contributed by atoms with Gasteiger partial charge in [0.1, 0.15) is 16.9 Å². The van der Waals surface area contributed by atoms with Crippen molar-refractivity contribution in [2.24, 2.45) is 28.9 Å². The molecule has 3 N–H and O–H groups in total. The molecule has 2 fully saturated rings. The van der Waals surface area contributed by atoms with E-state index in [0.717, 1.165) is 40.1 Å². The van der Waals surface area contributed by atoms with Crippen molar-refractivity contribution in [1.82, 2.24) is 4.98 Å². The van der Waals surface area contributed by atoms with Gasteiger partial charge in [-0.15, -0.1) is 11.3 Å². The molecule has 2 aliphatic rings. The SMILES string of the molecule is C[C@H]1[C@@H](C)CCC[C@@]2(C)O[C@H]2C[C@@H](c2ccc3sc(CN)nc3c2)OC(=O)C[C@H](O)C(C)(C)C(=O)[C@@H]1C. The number of rotatable bonds is 2. The molecule has 0 aliphatic carbocycles. The van der Waals surface area contributed by atoms with E-state index in [2.05, 4.69) is 25.8 Å². The third-order valence-electron chi connectivity index (χ3n) is 9.00. The maximum atomic E-state index is 13.4. The van der Waals surface area contributed by atoms with E-state index >= 15 is 0 Å². The molecule has 7 nitrogen and oxygen atoms in total. The van der Waals surface area contributed by atoms with E-state index in [1.54, 1.807) is 25.2 Å². The lowest BCUT2D eigenvalue weighted by Gasteiger charge is -2.35. The quantitative estimate of drug-likeness (QED) is 0.398. The average Bonchev–Trinajstić information content (AvgIpc) is 3.29. The number of thiazole rings is 1. The zero-order chi connectivity index (χ0) is 27.1. The number of aromatic nitrogens is 1. The summed E-state index contributed by atoms with van der Waals surface area (Å²) >= 11 is 1.55. The number of aliphatic hydroxyl groups is 1. The zero-order valence-corrected chi connectivity index (χ0v) is 23.8. The molecule has 0 saturated carbocycles. The highest BCUT2D eigenvalue weighted by molar-refractivity contribution is 7.18. The molecule has 1 aromatic carbocycles. The number of ether oxygens (including phenoxy) is 2. The Kier molecular flexibility index (Phi) is 8.15. The van der Waals surface area contributed by atoms with Crippen LogP contribution in [0, 0.1) is 23.2 Å². The monoisotopic (exact) mass is 530 g/mol. The molecule has 7 atom stereocenters. The highest BCUT2D eigenvalue weighted by Gasteiger charge is 2.53. The normalized spacial score (nSPS) is 35.7. The predicted molar refractivity (Wildman–Crippen MR) is 145 cm³/mol. The van der Waals surface area contributed by atoms with Gasteiger partial charge in [-0.1, -0.05) is 53.5 Å². The molecule has 37 heavy (non-hydrogen) atoms. The lowest BCUT2D eigenvalue weighted by Crippen LogP contribution is -2.43. The molecule has 0 spiro atoms. The van der Waals surface area contributed by atoms with Crippen molar-refractivity contribution in [3.8, 4) is 0 Å². The third-order valence-corrected chi connectivity index (χ3v) is 10.1. The van der Waals surface area contributed by atoms with E-state index in [-0.39, 0.29) is 35.7 Å². The molecular weight excluding hydrogens is 488 g/mol. The summed E-state index contributed by atoms with van der Waals surface area (Å²) in [7, 11) is 0. The van der Waals surface area contributed by atoms with E-state index in [1.165, 1.54) is 0 Å². The highest BCUT2D eigenvalue weighted by Crippen LogP contribution is 2.47. The molecular formula is C29H42N2O5S. The van der Waals surface area contributed by atoms with Gasteiger partial charge in [0.2, 0.25) is 0 Å². The highest BCUT2D eigenvalue weighted by atomic mass is 32.1. The number of carbonyl (C=O) groups excluding carboxylic acids is 2. The standard InChI is InChI=1S/C29H42N2O5S/c1-16-8-7-11-29(6)24(36-29)13-21(19-9-10-22-20(12-19)31-25(15-30)37-22)35-26(33)14-23(32)28(4,5)27(34)18(3)17(16)2/h9-10,12,16-18,21,23-24,32H,7-8,11,13-15,30H2,1-6H3/t16-,17-,18+,21-,23-,24-,29+/m0/s1. The van der Waals surface area contributed by atoms with E-state index in [1.807, 2.05) is 25.1 Å². The van der Waals surface area contributed by atoms with Crippen LogP contribution in [0.1, 0.15) is 90.3 Å². The summed E-state index contributed by atoms with van der Waals surface area (Å²) in [6, 6.07) is 5.91. The Hall–Kier alpha value is -1.87. The molecule has 8 heteroatoms. The third kappa shape index (κ3) is 5.92. The lowest BCUT2D eigenvalue weighted by atomic mass is 9.70. The summed E-state index contributed by atoms with van der Waals surface area (Å²) < 4.78 is 13.2. The van der Waals surface area contributed by atoms with Gasteiger partial charge in [-0.05, 0) is 42.9 Å². The van der Waals surface area contributed by atoms with Crippen LogP contribution in [0.3, 0.4) is 0 Å². The van der Waals surface area contributed by atoms with Gasteiger partial charge in [0.15, 0.2) is 0 Å². The van der Waals surface area contributed by atoms with Crippen molar-refractivity contribution in [2.75, 3.05) is 0 Å². The first-order valence-corrected chi connectivity index (χ1v) is 14.4.